The molecule has 0 aromatic carbocycles. The second-order valence-electron chi connectivity index (χ2n) is 6.15. The van der Waals surface area contributed by atoms with Crippen LogP contribution in [0.15, 0.2) is 0 Å². The fourth-order valence-electron chi connectivity index (χ4n) is 2.95. The molecular formula is C15H29ClN2O. The minimum atomic E-state index is 0. The van der Waals surface area contributed by atoms with Gasteiger partial charge in [0.25, 0.3) is 0 Å². The van der Waals surface area contributed by atoms with Crippen LogP contribution in [-0.2, 0) is 4.79 Å². The van der Waals surface area contributed by atoms with Crippen molar-refractivity contribution in [3.05, 3.63) is 0 Å². The third-order valence-corrected chi connectivity index (χ3v) is 4.75. The van der Waals surface area contributed by atoms with Crippen molar-refractivity contribution < 1.29 is 4.79 Å². The van der Waals surface area contributed by atoms with Gasteiger partial charge in [-0.05, 0) is 45.1 Å². The number of hydrogen-bond acceptors (Lipinski definition) is 2. The molecule has 0 spiro atoms. The monoisotopic (exact) mass is 288 g/mol. The molecule has 3 unspecified atom stereocenters. The highest BCUT2D eigenvalue weighted by Gasteiger charge is 2.39. The molecule has 0 aromatic heterocycles. The molecule has 4 heteroatoms. The van der Waals surface area contributed by atoms with E-state index in [9.17, 15) is 4.79 Å². The first-order chi connectivity index (χ1) is 8.65. The second-order valence-corrected chi connectivity index (χ2v) is 6.15. The molecule has 112 valence electrons. The summed E-state index contributed by atoms with van der Waals surface area (Å²) in [7, 11) is 0. The summed E-state index contributed by atoms with van der Waals surface area (Å²) in [6.45, 7) is 8.69. The van der Waals surface area contributed by atoms with Gasteiger partial charge in [0.2, 0.25) is 5.91 Å². The predicted octanol–water partition coefficient (Wildman–Crippen LogP) is 2.83. The number of amides is 1. The fraction of sp³-hybridized carbons (Fsp3) is 0.933. The first-order valence-corrected chi connectivity index (χ1v) is 7.68. The maximum Gasteiger partial charge on any atom is 0.227 e. The summed E-state index contributed by atoms with van der Waals surface area (Å²) in [5, 5.41) is 3.36. The van der Waals surface area contributed by atoms with Crippen molar-refractivity contribution in [3.63, 3.8) is 0 Å². The van der Waals surface area contributed by atoms with E-state index in [4.69, 9.17) is 0 Å². The van der Waals surface area contributed by atoms with E-state index in [-0.39, 0.29) is 18.3 Å². The Morgan fingerprint density at radius 3 is 2.47 bits per heavy atom. The van der Waals surface area contributed by atoms with Crippen molar-refractivity contribution in [1.82, 2.24) is 10.2 Å². The molecular weight excluding hydrogens is 260 g/mol. The quantitative estimate of drug-likeness (QED) is 0.844. The molecule has 3 nitrogen and oxygen atoms in total. The molecule has 1 aliphatic heterocycles. The van der Waals surface area contributed by atoms with Crippen LogP contribution in [0.3, 0.4) is 0 Å². The van der Waals surface area contributed by atoms with E-state index in [1.807, 2.05) is 0 Å². The van der Waals surface area contributed by atoms with E-state index >= 15 is 0 Å². The summed E-state index contributed by atoms with van der Waals surface area (Å²) in [5.74, 6) is 1.24. The maximum atomic E-state index is 12.7. The highest BCUT2D eigenvalue weighted by Crippen LogP contribution is 2.33. The number of hydrogen-bond donors (Lipinski definition) is 1. The van der Waals surface area contributed by atoms with Gasteiger partial charge >= 0.3 is 0 Å². The summed E-state index contributed by atoms with van der Waals surface area (Å²) < 4.78 is 0. The first kappa shape index (κ1) is 16.8. The van der Waals surface area contributed by atoms with Crippen LogP contribution < -0.4 is 5.32 Å². The van der Waals surface area contributed by atoms with Gasteiger partial charge in [0.15, 0.2) is 0 Å². The molecule has 2 aliphatic rings. The Labute approximate surface area is 123 Å². The lowest BCUT2D eigenvalue weighted by Gasteiger charge is -2.36. The summed E-state index contributed by atoms with van der Waals surface area (Å²) in [4.78, 5) is 15.0. The largest absolute Gasteiger partial charge is 0.336 e. The predicted molar refractivity (Wildman–Crippen MR) is 81.6 cm³/mol. The lowest BCUT2D eigenvalue weighted by molar-refractivity contribution is -0.140. The third kappa shape index (κ3) is 4.09. The summed E-state index contributed by atoms with van der Waals surface area (Å²) >= 11 is 0. The van der Waals surface area contributed by atoms with E-state index in [0.717, 1.165) is 32.4 Å². The van der Waals surface area contributed by atoms with E-state index in [0.29, 0.717) is 23.9 Å². The molecule has 1 aliphatic carbocycles. The summed E-state index contributed by atoms with van der Waals surface area (Å²) in [6.07, 6.45) is 5.80. The molecule has 1 saturated carbocycles. The zero-order valence-corrected chi connectivity index (χ0v) is 13.3. The molecule has 2 rings (SSSR count). The third-order valence-electron chi connectivity index (χ3n) is 4.75. The van der Waals surface area contributed by atoms with E-state index in [1.165, 1.54) is 12.8 Å². The Hall–Kier alpha value is -0.280. The number of halogens is 1. The van der Waals surface area contributed by atoms with Crippen LogP contribution >= 0.6 is 12.4 Å². The highest BCUT2D eigenvalue weighted by atomic mass is 35.5. The Morgan fingerprint density at radius 2 is 2.00 bits per heavy atom. The Bertz CT molecular complexity index is 288. The number of carbonyl (C=O) groups excluding carboxylic acids is 1. The van der Waals surface area contributed by atoms with Gasteiger partial charge in [-0.15, -0.1) is 12.4 Å². The van der Waals surface area contributed by atoms with Gasteiger partial charge < -0.3 is 10.2 Å². The summed E-state index contributed by atoms with van der Waals surface area (Å²) in [5.41, 5.74) is 0. The zero-order chi connectivity index (χ0) is 13.1. The van der Waals surface area contributed by atoms with Gasteiger partial charge in [-0.1, -0.05) is 20.3 Å². The molecule has 1 heterocycles. The van der Waals surface area contributed by atoms with Gasteiger partial charge in [0.05, 0.1) is 5.92 Å². The highest BCUT2D eigenvalue weighted by molar-refractivity contribution is 5.85. The van der Waals surface area contributed by atoms with Crippen LogP contribution in [0.25, 0.3) is 0 Å². The van der Waals surface area contributed by atoms with Crippen molar-refractivity contribution in [1.29, 1.82) is 0 Å². The van der Waals surface area contributed by atoms with Crippen LogP contribution in [0.1, 0.15) is 52.9 Å². The summed E-state index contributed by atoms with van der Waals surface area (Å²) in [6, 6.07) is 0.945. The van der Waals surface area contributed by atoms with Gasteiger partial charge in [0.1, 0.15) is 0 Å². The van der Waals surface area contributed by atoms with Crippen LogP contribution in [0.2, 0.25) is 0 Å². The van der Waals surface area contributed by atoms with E-state index in [1.54, 1.807) is 0 Å². The smallest absolute Gasteiger partial charge is 0.227 e. The topological polar surface area (TPSA) is 32.3 Å². The minimum Gasteiger partial charge on any atom is -0.336 e. The first-order valence-electron chi connectivity index (χ1n) is 7.68. The minimum absolute atomic E-state index is 0. The number of piperidine rings is 1. The number of carbonyl (C=O) groups is 1. The van der Waals surface area contributed by atoms with Crippen LogP contribution in [0.4, 0.5) is 0 Å². The molecule has 0 aromatic rings. The number of nitrogens with zero attached hydrogens (tertiary/aromatic N) is 1. The molecule has 1 N–H and O–H groups in total. The SMILES string of the molecule is CCC(C)C(C)N(C(=O)C1CCCNC1)C1CC1.Cl. The van der Waals surface area contributed by atoms with Gasteiger partial charge in [-0.2, -0.15) is 0 Å². The molecule has 19 heavy (non-hydrogen) atoms. The van der Waals surface area contributed by atoms with Crippen molar-refractivity contribution in [3.8, 4) is 0 Å². The van der Waals surface area contributed by atoms with E-state index in [2.05, 4.69) is 31.0 Å². The molecule has 0 radical (unpaired) electrons. The van der Waals surface area contributed by atoms with Crippen molar-refractivity contribution in [2.45, 2.75) is 65.0 Å². The van der Waals surface area contributed by atoms with Crippen molar-refractivity contribution >= 4 is 18.3 Å². The lowest BCUT2D eigenvalue weighted by Crippen LogP contribution is -2.49. The molecule has 3 atom stereocenters. The maximum absolute atomic E-state index is 12.7. The normalized spacial score (nSPS) is 26.2. The number of nitrogens with one attached hydrogen (secondary N) is 1. The molecule has 2 fully saturated rings. The Kier molecular flexibility index (Phi) is 6.61. The number of rotatable bonds is 5. The zero-order valence-electron chi connectivity index (χ0n) is 12.5. The molecule has 1 amide bonds. The lowest BCUT2D eigenvalue weighted by atomic mass is 9.94. The van der Waals surface area contributed by atoms with Crippen LogP contribution in [0, 0.1) is 11.8 Å². The standard InChI is InChI=1S/C15H28N2O.ClH/c1-4-11(2)12(3)17(14-7-8-14)15(18)13-6-5-9-16-10-13;/h11-14,16H,4-10H2,1-3H3;1H. The van der Waals surface area contributed by atoms with Crippen molar-refractivity contribution in [2.24, 2.45) is 11.8 Å². The van der Waals surface area contributed by atoms with Gasteiger partial charge in [-0.25, -0.2) is 0 Å². The molecule has 0 bridgehead atoms. The van der Waals surface area contributed by atoms with Crippen molar-refractivity contribution in [2.75, 3.05) is 13.1 Å². The van der Waals surface area contributed by atoms with E-state index < -0.39 is 0 Å². The Morgan fingerprint density at radius 1 is 1.32 bits per heavy atom. The van der Waals surface area contributed by atoms with Gasteiger partial charge in [0, 0.05) is 18.6 Å². The second kappa shape index (κ2) is 7.49. The van der Waals surface area contributed by atoms with Crippen LogP contribution in [0.5, 0.6) is 0 Å². The van der Waals surface area contributed by atoms with Gasteiger partial charge in [-0.3, -0.25) is 4.79 Å². The molecule has 1 saturated heterocycles. The average molecular weight is 289 g/mol. The fourth-order valence-corrected chi connectivity index (χ4v) is 2.95. The Balaban J connectivity index is 0.00000180. The van der Waals surface area contributed by atoms with Crippen LogP contribution in [-0.4, -0.2) is 36.0 Å². The average Bonchev–Trinajstić information content (AvgIpc) is 3.23.